The molecule has 12 atom stereocenters. The van der Waals surface area contributed by atoms with E-state index < -0.39 is 172 Å². The first-order chi connectivity index (χ1) is 54.2. The van der Waals surface area contributed by atoms with Gasteiger partial charge in [0.1, 0.15) is 24.8 Å². The van der Waals surface area contributed by atoms with Crippen molar-refractivity contribution in [2.75, 3.05) is 99.3 Å². The van der Waals surface area contributed by atoms with Crippen LogP contribution in [0.1, 0.15) is 108 Å². The predicted octanol–water partition coefficient (Wildman–Crippen LogP) is 5.32. The Kier molecular flexibility index (Phi) is 33.5. The second kappa shape index (κ2) is 41.6. The number of rotatable bonds is 43. The predicted molar refractivity (Wildman–Crippen MR) is 410 cm³/mol. The van der Waals surface area contributed by atoms with Crippen molar-refractivity contribution >= 4 is 100 Å². The van der Waals surface area contributed by atoms with Crippen LogP contribution in [-0.2, 0) is 111 Å². The van der Waals surface area contributed by atoms with Gasteiger partial charge in [0.2, 0.25) is 23.7 Å². The van der Waals surface area contributed by atoms with E-state index in [1.54, 1.807) is 53.2 Å². The van der Waals surface area contributed by atoms with Crippen molar-refractivity contribution in [3.05, 3.63) is 131 Å². The number of nitrogens with two attached hydrogens (primary N) is 1. The number of hydrogen-bond donors (Lipinski definition) is 10. The molecule has 0 bridgehead atoms. The van der Waals surface area contributed by atoms with Gasteiger partial charge in [-0.2, -0.15) is 38.7 Å². The normalized spacial score (nSPS) is 23.1. The quantitative estimate of drug-likeness (QED) is 0.00462. The van der Waals surface area contributed by atoms with Crippen LogP contribution >= 0.6 is 24.8 Å². The molecule has 3 amide bonds. The van der Waals surface area contributed by atoms with E-state index in [0.717, 1.165) is 6.07 Å². The molecule has 6 aliphatic rings. The molecule has 1 fully saturated rings. The number of allylic oxidation sites excluding steroid dienone is 8. The number of hydrogen-bond acceptors (Lipinski definition) is 30. The SMILES string of the molecule is CC1(CCCCCC(=O)NCCNC(=O)C2=CC(OCC(N=[N+]=[N-])OCCOCC(=O)NCC#CC3CN([C@H]4CC(O[C@H](F)N=[N+]=[N-])[C@@H](CO[PH](=O)O[PH](=O)O[PH](=O)O)O4)c4nc(N)[nH]c(=O)c43)CCC2)/C(=C/C=C/C=C/C2N(CCS(=O)(=O)O)C3=C(C=C(S(=O)(=O)O)CC3)C2(C)C)N(CCS(=O)(=O)O)c2ccc(S(=O)(=O)O)cc21. The number of azide groups is 2. The van der Waals surface area contributed by atoms with E-state index in [1.807, 2.05) is 13.8 Å². The van der Waals surface area contributed by atoms with Crippen molar-refractivity contribution in [2.24, 2.45) is 15.6 Å². The monoisotopic (exact) mass is 1760 g/mol. The topological polar surface area (TPSA) is 629 Å². The van der Waals surface area contributed by atoms with E-state index in [1.165, 1.54) is 23.1 Å². The second-order valence-electron chi connectivity index (χ2n) is 27.4. The third-order valence-electron chi connectivity index (χ3n) is 19.2. The molecule has 9 unspecified atom stereocenters. The maximum Gasteiger partial charge on any atom is 0.333 e. The lowest BCUT2D eigenvalue weighted by Crippen LogP contribution is -2.39. The van der Waals surface area contributed by atoms with Crippen molar-refractivity contribution in [1.82, 2.24) is 30.8 Å². The zero-order chi connectivity index (χ0) is 84.2. The van der Waals surface area contributed by atoms with Gasteiger partial charge >= 0.3 is 24.8 Å². The number of benzene rings is 1. The summed E-state index contributed by atoms with van der Waals surface area (Å²) in [5, 5.41) is 14.6. The fraction of sp³-hybridized carbons (Fsp3) is 0.578. The molecule has 0 radical (unpaired) electrons. The molecule has 1 saturated heterocycles. The Hall–Kier alpha value is -7.77. The summed E-state index contributed by atoms with van der Waals surface area (Å²) >= 11 is 0. The maximum atomic E-state index is 14.4. The molecule has 0 saturated carbocycles. The highest BCUT2D eigenvalue weighted by Gasteiger charge is 2.49. The lowest BCUT2D eigenvalue weighted by atomic mass is 9.77. The minimum absolute atomic E-state index is 0.0190. The number of aromatic nitrogens is 2. The van der Waals surface area contributed by atoms with Gasteiger partial charge < -0.3 is 69.5 Å². The molecule has 1 aromatic carbocycles. The number of carbonyl (C=O) groups excluding carboxylic acids is 3. The van der Waals surface area contributed by atoms with Gasteiger partial charge in [0.05, 0.1) is 84.0 Å². The Labute approximate surface area is 662 Å². The number of carbonyl (C=O) groups is 3. The van der Waals surface area contributed by atoms with E-state index in [0.29, 0.717) is 78.7 Å². The van der Waals surface area contributed by atoms with Gasteiger partial charge in [0.15, 0.2) is 6.23 Å². The summed E-state index contributed by atoms with van der Waals surface area (Å²) in [6.07, 6.45) is 9.11. The number of nitrogen functional groups attached to an aromatic ring is 1. The average molecular weight is 1760 g/mol. The summed E-state index contributed by atoms with van der Waals surface area (Å²) < 4.78 is 228. The Bertz CT molecular complexity index is 4940. The summed E-state index contributed by atoms with van der Waals surface area (Å²) in [7, 11) is -29.3. The average Bonchev–Trinajstić information content (AvgIpc) is 1.59. The molecule has 2 aromatic rings. The van der Waals surface area contributed by atoms with Crippen molar-refractivity contribution < 1.29 is 126 Å². The number of anilines is 3. The lowest BCUT2D eigenvalue weighted by Gasteiger charge is -2.34. The second-order valence-corrected chi connectivity index (χ2v) is 36.8. The number of unbranched alkanes of at least 4 members (excludes halogenated alkanes) is 2. The van der Waals surface area contributed by atoms with Gasteiger partial charge in [-0.25, -0.2) is 13.0 Å². The Morgan fingerprint density at radius 2 is 1.63 bits per heavy atom. The van der Waals surface area contributed by atoms with E-state index in [-0.39, 0.29) is 113 Å². The molecule has 5 heterocycles. The summed E-state index contributed by atoms with van der Waals surface area (Å²) in [5.74, 6) is 1.83. The van der Waals surface area contributed by atoms with Crippen LogP contribution in [0.4, 0.5) is 21.8 Å². The van der Waals surface area contributed by atoms with E-state index in [4.69, 9.17) is 44.4 Å². The largest absolute Gasteiger partial charge is 0.371 e. The van der Waals surface area contributed by atoms with Crippen LogP contribution in [0.2, 0.25) is 0 Å². The van der Waals surface area contributed by atoms with Gasteiger partial charge in [-0.3, -0.25) is 56.1 Å². The van der Waals surface area contributed by atoms with Crippen molar-refractivity contribution in [1.29, 1.82) is 0 Å². The van der Waals surface area contributed by atoms with E-state index >= 15 is 0 Å². The maximum absolute atomic E-state index is 14.4. The van der Waals surface area contributed by atoms with Crippen molar-refractivity contribution in [2.45, 2.75) is 151 Å². The molecule has 2 aliphatic carbocycles. The Balaban J connectivity index is 0.764. The molecule has 43 nitrogen and oxygen atoms in total. The highest BCUT2D eigenvalue weighted by Crippen LogP contribution is 2.53. The number of nitrogens with zero attached hydrogens (tertiary/aromatic N) is 10. The summed E-state index contributed by atoms with van der Waals surface area (Å²) in [6, 6.07) is 3.28. The molecule has 1 aromatic heterocycles. The number of ether oxygens (including phenoxy) is 5. The van der Waals surface area contributed by atoms with E-state index in [2.05, 4.69) is 66.4 Å². The minimum atomic E-state index is -4.74. The highest BCUT2D eigenvalue weighted by molar-refractivity contribution is 7.89. The zero-order valence-corrected chi connectivity index (χ0v) is 68.3. The number of nitrogens with one attached hydrogen (secondary N) is 4. The van der Waals surface area contributed by atoms with E-state index in [9.17, 15) is 94.7 Å². The number of halogens is 1. The highest BCUT2D eigenvalue weighted by atomic mass is 32.2. The summed E-state index contributed by atoms with van der Waals surface area (Å²) in [4.78, 5) is 77.0. The molecular weight excluding hydrogens is 1670 g/mol. The van der Waals surface area contributed by atoms with Crippen LogP contribution in [-0.4, -0.2) is 216 Å². The number of alkyl halides is 1. The standard InChI is InChI=1S/C64H89FN15O28P3S4/c1-63(2)45-33-43(114(95,96)97)18-20-47(45)78(26-30-112(89,90)91)51(63)15-6-4-7-16-52-64(3,46-34-44(115(98,99)100)19-21-48(46)79(52)27-31-113(92,93)94)22-9-5-8-17-53(81)70-24-25-71-59(83)40-12-10-14-42(32-40)103-39-55(74-76-67)102-29-28-101-38-54(82)69-23-11-13-41-36-80(58-57(41)60(84)73-62(66)72-58)56-35-49(106-61(65)75-77-68)50(105-56)37-104-110(87)108-111(88)107-109(85)86/h4,6-7,15-16,19,21,32-34,41-42,49-51,55-56,61,109-111H,5,8-10,12,14,17-18,20,22-31,35-39H2,1-3H3,(H,69,82)(H,70,81)(H,71,83)(H,85,86)(H,89,90,91)(H,92,93,94)(H,95,96,97)(H,98,99,100)(H3,66,72,73,84)/b7-4+,15-6+,52-16-/t41?,42?,49?,50-,51?,55?,56-,61-,64?/m1/s1. The minimum Gasteiger partial charge on any atom is -0.371 e. The van der Waals surface area contributed by atoms with Gasteiger partial charge in [-0.15, -0.1) is 0 Å². The van der Waals surface area contributed by atoms with Crippen molar-refractivity contribution in [3.8, 4) is 11.8 Å². The number of aromatic amines is 1. The van der Waals surface area contributed by atoms with Crippen LogP contribution < -0.4 is 37.0 Å². The van der Waals surface area contributed by atoms with Gasteiger partial charge in [-0.1, -0.05) is 67.9 Å². The lowest BCUT2D eigenvalue weighted by molar-refractivity contribution is -0.126. The van der Waals surface area contributed by atoms with Gasteiger partial charge in [-0.05, 0) is 116 Å². The third-order valence-corrected chi connectivity index (χ3v) is 25.5. The molecule has 4 aliphatic heterocycles. The van der Waals surface area contributed by atoms with Crippen LogP contribution in [0.5, 0.6) is 0 Å². The first-order valence-corrected chi connectivity index (χ1v) is 45.3. The van der Waals surface area contributed by atoms with Crippen LogP contribution in [0.3, 0.4) is 0 Å². The van der Waals surface area contributed by atoms with Crippen LogP contribution in [0, 0.1) is 17.3 Å². The molecule has 11 N–H and O–H groups in total. The van der Waals surface area contributed by atoms with Crippen LogP contribution in [0.25, 0.3) is 20.9 Å². The molecule has 115 heavy (non-hydrogen) atoms. The van der Waals surface area contributed by atoms with Crippen LogP contribution in [0.15, 0.2) is 108 Å². The first-order valence-electron chi connectivity index (χ1n) is 35.5. The fourth-order valence-electron chi connectivity index (χ4n) is 14.0. The molecular formula is C64H89FN15O28P3S4. The third kappa shape index (κ3) is 26.9. The van der Waals surface area contributed by atoms with Gasteiger partial charge in [0.25, 0.3) is 52.5 Å². The number of amides is 3. The summed E-state index contributed by atoms with van der Waals surface area (Å²) in [5.41, 5.74) is 24.2. The van der Waals surface area contributed by atoms with Gasteiger partial charge in [0, 0.05) is 88.9 Å². The number of fused-ring (bicyclic) bond motifs is 2. The molecule has 8 rings (SSSR count). The Morgan fingerprint density at radius 3 is 2.34 bits per heavy atom. The van der Waals surface area contributed by atoms with Crippen molar-refractivity contribution in [3.63, 3.8) is 0 Å². The molecule has 51 heteroatoms. The fourth-order valence-corrected chi connectivity index (χ4v) is 18.1. The Morgan fingerprint density at radius 1 is 0.904 bits per heavy atom. The smallest absolute Gasteiger partial charge is 0.333 e. The number of H-pyrrole nitrogens is 1. The molecule has 634 valence electrons. The summed E-state index contributed by atoms with van der Waals surface area (Å²) in [6.45, 7) is 0.699. The molecule has 0 spiro atoms. The zero-order valence-electron chi connectivity index (χ0n) is 62.0. The first kappa shape index (κ1) is 92.7.